The molecule has 15 rings (SSSR count). The van der Waals surface area contributed by atoms with Gasteiger partial charge in [0, 0.05) is 76.0 Å². The number of para-hydroxylation sites is 2. The molecule has 0 fully saturated rings. The molecule has 0 aliphatic heterocycles. The number of furan rings is 2. The zero-order chi connectivity index (χ0) is 47.3. The van der Waals surface area contributed by atoms with Gasteiger partial charge in [-0.1, -0.05) is 161 Å². The van der Waals surface area contributed by atoms with E-state index in [9.17, 15) is 0 Å². The van der Waals surface area contributed by atoms with Gasteiger partial charge in [-0.15, -0.1) is 11.3 Å². The van der Waals surface area contributed by atoms with Crippen molar-refractivity contribution < 1.29 is 8.83 Å². The normalized spacial score (nSPS) is 14.1. The van der Waals surface area contributed by atoms with Crippen molar-refractivity contribution in [2.24, 2.45) is 0 Å². The first kappa shape index (κ1) is 40.5. The highest BCUT2D eigenvalue weighted by Crippen LogP contribution is 2.55. The standard InChI is InChI=1S/C66H46N2O2S/c1-65(2)53-26-14-11-20-44(53)50-35-40(30-33-54(50)65)67(39-17-6-5-7-18-39)56-27-16-24-49-62-61-48-23-9-8-21-46(48)57(38-58(61)69-64(62)70-63(49)56)68(41-31-34-60-51(36-41)47-22-12-15-28-59(47)71-60)42-29-32-45-43-19-10-13-25-52(43)66(3,4)55(45)37-42/h5-38H,1-4H3. The second-order valence-corrected chi connectivity index (χ2v) is 21.5. The average Bonchev–Trinajstić information content (AvgIpc) is 4.18. The Morgan fingerprint density at radius 1 is 0.352 bits per heavy atom. The van der Waals surface area contributed by atoms with Gasteiger partial charge < -0.3 is 18.6 Å². The maximum Gasteiger partial charge on any atom is 0.299 e. The number of thiophene rings is 1. The van der Waals surface area contributed by atoms with E-state index in [2.05, 4.69) is 244 Å². The highest BCUT2D eigenvalue weighted by molar-refractivity contribution is 7.25. The van der Waals surface area contributed by atoms with Gasteiger partial charge in [-0.05, 0) is 117 Å². The molecule has 3 aromatic heterocycles. The van der Waals surface area contributed by atoms with Crippen LogP contribution in [0.15, 0.2) is 215 Å². The molecule has 2 aliphatic carbocycles. The van der Waals surface area contributed by atoms with Gasteiger partial charge in [0.1, 0.15) is 5.58 Å². The second-order valence-electron chi connectivity index (χ2n) is 20.4. The maximum atomic E-state index is 7.06. The van der Waals surface area contributed by atoms with Gasteiger partial charge in [-0.3, -0.25) is 0 Å². The third-order valence-electron chi connectivity index (χ3n) is 15.9. The first-order valence-corrected chi connectivity index (χ1v) is 25.4. The van der Waals surface area contributed by atoms with Crippen molar-refractivity contribution in [3.63, 3.8) is 0 Å². The summed E-state index contributed by atoms with van der Waals surface area (Å²) in [6, 6.07) is 75.6. The number of nitrogens with zero attached hydrogens (tertiary/aromatic N) is 2. The number of benzene rings is 10. The monoisotopic (exact) mass is 930 g/mol. The van der Waals surface area contributed by atoms with E-state index in [1.165, 1.54) is 64.7 Å². The largest absolute Gasteiger partial charge is 0.425 e. The van der Waals surface area contributed by atoms with Gasteiger partial charge in [-0.2, -0.15) is 0 Å². The fraction of sp³-hybridized carbons (Fsp3) is 0.0909. The van der Waals surface area contributed by atoms with Crippen molar-refractivity contribution in [3.05, 3.63) is 229 Å². The molecule has 0 spiro atoms. The summed E-state index contributed by atoms with van der Waals surface area (Å²) in [6.45, 7) is 9.37. The maximum absolute atomic E-state index is 7.06. The third-order valence-corrected chi connectivity index (χ3v) is 17.0. The minimum Gasteiger partial charge on any atom is -0.425 e. The second kappa shape index (κ2) is 14.6. The summed E-state index contributed by atoms with van der Waals surface area (Å²) in [5, 5.41) is 7.79. The molecular weight excluding hydrogens is 885 g/mol. The molecule has 2 aliphatic rings. The van der Waals surface area contributed by atoms with Gasteiger partial charge in [0.25, 0.3) is 5.78 Å². The van der Waals surface area contributed by atoms with Crippen LogP contribution in [0.1, 0.15) is 49.9 Å². The fourth-order valence-electron chi connectivity index (χ4n) is 12.5. The zero-order valence-corrected chi connectivity index (χ0v) is 40.6. The Labute approximate surface area is 415 Å². The molecule has 0 saturated heterocycles. The highest BCUT2D eigenvalue weighted by atomic mass is 32.1. The molecule has 4 nitrogen and oxygen atoms in total. The predicted octanol–water partition coefficient (Wildman–Crippen LogP) is 19.4. The summed E-state index contributed by atoms with van der Waals surface area (Å²) in [5.41, 5.74) is 18.1. The van der Waals surface area contributed by atoms with E-state index in [0.717, 1.165) is 72.2 Å². The third kappa shape index (κ3) is 5.67. The Morgan fingerprint density at radius 3 is 1.75 bits per heavy atom. The Kier molecular flexibility index (Phi) is 8.32. The van der Waals surface area contributed by atoms with Crippen LogP contribution in [-0.4, -0.2) is 0 Å². The lowest BCUT2D eigenvalue weighted by molar-refractivity contribution is 0.525. The molecule has 0 atom stereocenters. The van der Waals surface area contributed by atoms with Crippen LogP contribution in [0.4, 0.5) is 34.1 Å². The molecule has 0 bridgehead atoms. The van der Waals surface area contributed by atoms with Crippen LogP contribution in [0.2, 0.25) is 0 Å². The summed E-state index contributed by atoms with van der Waals surface area (Å²) in [7, 11) is 0. The molecule has 338 valence electrons. The molecular formula is C66H46N2O2S. The predicted molar refractivity (Wildman–Crippen MR) is 298 cm³/mol. The summed E-state index contributed by atoms with van der Waals surface area (Å²) < 4.78 is 16.7. The lowest BCUT2D eigenvalue weighted by Gasteiger charge is -2.29. The average molecular weight is 931 g/mol. The molecule has 0 radical (unpaired) electrons. The Balaban J connectivity index is 0.945. The van der Waals surface area contributed by atoms with Crippen molar-refractivity contribution in [1.29, 1.82) is 0 Å². The van der Waals surface area contributed by atoms with Gasteiger partial charge >= 0.3 is 0 Å². The zero-order valence-electron chi connectivity index (χ0n) is 39.7. The van der Waals surface area contributed by atoms with Crippen LogP contribution in [0.3, 0.4) is 0 Å². The summed E-state index contributed by atoms with van der Waals surface area (Å²) in [5.74, 6) is 0.511. The molecule has 0 saturated carbocycles. The molecule has 0 N–H and O–H groups in total. The van der Waals surface area contributed by atoms with E-state index in [4.69, 9.17) is 8.83 Å². The molecule has 10 aromatic carbocycles. The first-order chi connectivity index (χ1) is 34.7. The topological polar surface area (TPSA) is 32.8 Å². The van der Waals surface area contributed by atoms with Crippen molar-refractivity contribution in [1.82, 2.24) is 0 Å². The van der Waals surface area contributed by atoms with Crippen LogP contribution < -0.4 is 9.80 Å². The molecule has 3 heterocycles. The fourth-order valence-corrected chi connectivity index (χ4v) is 13.6. The van der Waals surface area contributed by atoms with E-state index >= 15 is 0 Å². The SMILES string of the molecule is CC1(C)c2ccccc2-c2cc(N(c3ccccc3)c3cccc4c3oc3oc5cc(N(c6ccc7c(c6)C(C)(C)c6ccccc6-7)c6ccc7sc8ccccc8c7c6)c6ccccc6c5c34)ccc21. The summed E-state index contributed by atoms with van der Waals surface area (Å²) in [6.07, 6.45) is 0. The van der Waals surface area contributed by atoms with E-state index in [-0.39, 0.29) is 10.8 Å². The smallest absolute Gasteiger partial charge is 0.299 e. The van der Waals surface area contributed by atoms with Gasteiger partial charge in [0.15, 0.2) is 5.58 Å². The number of fused-ring (bicyclic) bond motifs is 16. The van der Waals surface area contributed by atoms with Crippen molar-refractivity contribution >= 4 is 110 Å². The number of hydrogen-bond donors (Lipinski definition) is 0. The van der Waals surface area contributed by atoms with Crippen LogP contribution in [-0.2, 0) is 10.8 Å². The van der Waals surface area contributed by atoms with E-state index in [1.807, 2.05) is 11.3 Å². The number of anilines is 6. The number of hydrogen-bond acceptors (Lipinski definition) is 5. The lowest BCUT2D eigenvalue weighted by atomic mass is 9.82. The van der Waals surface area contributed by atoms with Crippen LogP contribution in [0, 0.1) is 0 Å². The van der Waals surface area contributed by atoms with Crippen molar-refractivity contribution in [2.45, 2.75) is 38.5 Å². The molecule has 0 amide bonds. The molecule has 71 heavy (non-hydrogen) atoms. The van der Waals surface area contributed by atoms with E-state index < -0.39 is 0 Å². The van der Waals surface area contributed by atoms with Crippen LogP contribution >= 0.6 is 11.3 Å². The Morgan fingerprint density at radius 2 is 0.930 bits per heavy atom. The summed E-state index contributed by atoms with van der Waals surface area (Å²) in [4.78, 5) is 4.78. The van der Waals surface area contributed by atoms with E-state index in [1.54, 1.807) is 0 Å². The van der Waals surface area contributed by atoms with Gasteiger partial charge in [0.05, 0.1) is 16.8 Å². The van der Waals surface area contributed by atoms with E-state index in [0.29, 0.717) is 5.78 Å². The molecule has 13 aromatic rings. The van der Waals surface area contributed by atoms with Crippen molar-refractivity contribution in [3.8, 4) is 22.3 Å². The molecule has 5 heteroatoms. The summed E-state index contributed by atoms with van der Waals surface area (Å²) >= 11 is 1.85. The lowest BCUT2D eigenvalue weighted by Crippen LogP contribution is -2.16. The Bertz CT molecular complexity index is 4380. The quantitative estimate of drug-likeness (QED) is 0.166. The van der Waals surface area contributed by atoms with Crippen LogP contribution in [0.5, 0.6) is 0 Å². The van der Waals surface area contributed by atoms with Gasteiger partial charge in [-0.25, -0.2) is 0 Å². The van der Waals surface area contributed by atoms with Gasteiger partial charge in [0.2, 0.25) is 0 Å². The van der Waals surface area contributed by atoms with Crippen molar-refractivity contribution in [2.75, 3.05) is 9.80 Å². The minimum absolute atomic E-state index is 0.0919. The highest BCUT2D eigenvalue weighted by Gasteiger charge is 2.38. The number of rotatable bonds is 6. The first-order valence-electron chi connectivity index (χ1n) is 24.6. The molecule has 0 unspecified atom stereocenters. The van der Waals surface area contributed by atoms with Crippen LogP contribution in [0.25, 0.3) is 86.3 Å². The Hall–Kier alpha value is -8.38. The minimum atomic E-state index is -0.169.